The smallest absolute Gasteiger partial charge is 0.480 e. The number of hydrogen-bond acceptors (Lipinski definition) is 10. The molecular formula is C35H39B2F6N3O11. The fourth-order valence-electron chi connectivity index (χ4n) is 6.28. The highest BCUT2D eigenvalue weighted by molar-refractivity contribution is 6.62. The van der Waals surface area contributed by atoms with Crippen molar-refractivity contribution >= 4 is 60.4 Å². The van der Waals surface area contributed by atoms with Gasteiger partial charge in [0, 0.05) is 36.4 Å². The molecule has 2 aliphatic heterocycles. The van der Waals surface area contributed by atoms with Crippen molar-refractivity contribution in [2.75, 3.05) is 6.54 Å². The van der Waals surface area contributed by atoms with Gasteiger partial charge in [-0.2, -0.15) is 26.3 Å². The third kappa shape index (κ3) is 11.6. The lowest BCUT2D eigenvalue weighted by molar-refractivity contribution is -0.142. The van der Waals surface area contributed by atoms with E-state index in [0.717, 1.165) is 12.1 Å². The summed E-state index contributed by atoms with van der Waals surface area (Å²) in [4.78, 5) is 76.1. The number of carboxylic acids is 1. The van der Waals surface area contributed by atoms with Gasteiger partial charge in [-0.3, -0.25) is 24.0 Å². The monoisotopic (exact) mass is 813 g/mol. The van der Waals surface area contributed by atoms with Crippen LogP contribution in [0.1, 0.15) is 102 Å². The molecule has 0 fully saturated rings. The van der Waals surface area contributed by atoms with Gasteiger partial charge in [-0.25, -0.2) is 4.79 Å². The van der Waals surface area contributed by atoms with Gasteiger partial charge in [0.15, 0.2) is 5.78 Å². The average Bonchev–Trinajstić information content (AvgIpc) is 3.70. The fourth-order valence-corrected chi connectivity index (χ4v) is 6.28. The highest BCUT2D eigenvalue weighted by atomic mass is 19.4. The van der Waals surface area contributed by atoms with E-state index in [-0.39, 0.29) is 29.2 Å². The van der Waals surface area contributed by atoms with Gasteiger partial charge >= 0.3 is 32.6 Å². The maximum atomic E-state index is 13.9. The van der Waals surface area contributed by atoms with Gasteiger partial charge < -0.3 is 40.4 Å². The molecular weight excluding hydrogens is 774 g/mol. The summed E-state index contributed by atoms with van der Waals surface area (Å²) in [6.45, 7) is 2.24. The van der Waals surface area contributed by atoms with E-state index in [9.17, 15) is 70.3 Å². The lowest BCUT2D eigenvalue weighted by Gasteiger charge is -2.22. The molecule has 3 amide bonds. The number of aliphatic carboxylic acids is 1. The second kappa shape index (κ2) is 18.6. The van der Waals surface area contributed by atoms with Crippen LogP contribution in [0.25, 0.3) is 0 Å². The first-order chi connectivity index (χ1) is 26.6. The Labute approximate surface area is 322 Å². The summed E-state index contributed by atoms with van der Waals surface area (Å²) >= 11 is 0. The molecule has 0 saturated heterocycles. The van der Waals surface area contributed by atoms with Gasteiger partial charge in [0.2, 0.25) is 11.8 Å². The molecule has 2 aliphatic rings. The predicted molar refractivity (Wildman–Crippen MR) is 188 cm³/mol. The Hall–Kier alpha value is -4.79. The van der Waals surface area contributed by atoms with Crippen molar-refractivity contribution in [3.05, 3.63) is 57.6 Å². The summed E-state index contributed by atoms with van der Waals surface area (Å²) in [6.07, 6.45) is -10.6. The first-order valence-corrected chi connectivity index (χ1v) is 17.8. The molecule has 0 bridgehead atoms. The SMILES string of the molecule is CC(=O)[C@@H](C)CCCCNC(=O)CCC(NC(=O)[C@H](CCC(=O)c1cc2c(c(C(F)(F)F)c1)COB2O)NC(=O)c1cc2c(c(C(F)(F)F)c1)COB2O)C(=O)O. The number of nitrogens with one attached hydrogen (secondary N) is 3. The predicted octanol–water partition coefficient (Wildman–Crippen LogP) is 1.78. The summed E-state index contributed by atoms with van der Waals surface area (Å²) < 4.78 is 93.1. The minimum absolute atomic E-state index is 0.0258. The second-order valence-electron chi connectivity index (χ2n) is 13.8. The minimum atomic E-state index is -5.02. The van der Waals surface area contributed by atoms with Gasteiger partial charge in [-0.1, -0.05) is 19.4 Å². The molecule has 3 atom stereocenters. The molecule has 0 radical (unpaired) electrons. The molecule has 22 heteroatoms. The van der Waals surface area contributed by atoms with Crippen molar-refractivity contribution in [2.24, 2.45) is 5.92 Å². The first kappa shape index (κ1) is 44.9. The van der Waals surface area contributed by atoms with Crippen LogP contribution in [0.2, 0.25) is 0 Å². The fraction of sp³-hybridized carbons (Fsp3) is 0.486. The van der Waals surface area contributed by atoms with Crippen molar-refractivity contribution in [1.29, 1.82) is 0 Å². The zero-order chi connectivity index (χ0) is 42.4. The highest BCUT2D eigenvalue weighted by Crippen LogP contribution is 2.35. The molecule has 0 aromatic heterocycles. The molecule has 2 heterocycles. The molecule has 14 nitrogen and oxygen atoms in total. The van der Waals surface area contributed by atoms with Crippen molar-refractivity contribution in [2.45, 2.75) is 96.4 Å². The van der Waals surface area contributed by atoms with Crippen LogP contribution < -0.4 is 26.9 Å². The van der Waals surface area contributed by atoms with Crippen LogP contribution in [0.15, 0.2) is 24.3 Å². The number of halogens is 6. The Morgan fingerprint density at radius 3 is 1.81 bits per heavy atom. The van der Waals surface area contributed by atoms with E-state index in [0.29, 0.717) is 31.4 Å². The number of ketones is 2. The van der Waals surface area contributed by atoms with Crippen LogP contribution in [0.5, 0.6) is 0 Å². The van der Waals surface area contributed by atoms with E-state index in [2.05, 4.69) is 16.0 Å². The molecule has 0 spiro atoms. The van der Waals surface area contributed by atoms with E-state index < -0.39 is 140 Å². The number of amides is 3. The van der Waals surface area contributed by atoms with Gasteiger partial charge in [0.25, 0.3) is 5.91 Å². The molecule has 2 aromatic rings. The third-order valence-electron chi connectivity index (χ3n) is 9.70. The molecule has 6 N–H and O–H groups in total. The van der Waals surface area contributed by atoms with Crippen molar-refractivity contribution in [3.8, 4) is 0 Å². The van der Waals surface area contributed by atoms with Crippen LogP contribution in [0, 0.1) is 5.92 Å². The van der Waals surface area contributed by atoms with Crippen LogP contribution >= 0.6 is 0 Å². The molecule has 308 valence electrons. The van der Waals surface area contributed by atoms with E-state index in [1.54, 1.807) is 6.92 Å². The number of alkyl halides is 6. The first-order valence-electron chi connectivity index (χ1n) is 17.8. The number of unbranched alkanes of at least 4 members (excludes halogenated alkanes) is 1. The Kier molecular flexibility index (Phi) is 14.7. The van der Waals surface area contributed by atoms with Crippen LogP contribution in [0.3, 0.4) is 0 Å². The summed E-state index contributed by atoms with van der Waals surface area (Å²) in [5.41, 5.74) is -5.39. The average molecular weight is 813 g/mol. The number of Topliss-reactive ketones (excluding diaryl/α,β-unsaturated/α-hetero) is 2. The van der Waals surface area contributed by atoms with Crippen molar-refractivity contribution < 1.29 is 79.6 Å². The Morgan fingerprint density at radius 2 is 1.28 bits per heavy atom. The topological polar surface area (TPSA) is 218 Å². The molecule has 57 heavy (non-hydrogen) atoms. The Morgan fingerprint density at radius 1 is 0.754 bits per heavy atom. The number of rotatable bonds is 18. The molecule has 1 unspecified atom stereocenters. The molecule has 4 rings (SSSR count). The number of carbonyl (C=O) groups is 6. The lowest BCUT2D eigenvalue weighted by Crippen LogP contribution is -2.52. The lowest BCUT2D eigenvalue weighted by atomic mass is 9.76. The summed E-state index contributed by atoms with van der Waals surface area (Å²) in [7, 11) is -3.60. The van der Waals surface area contributed by atoms with E-state index >= 15 is 0 Å². The van der Waals surface area contributed by atoms with E-state index in [1.165, 1.54) is 6.92 Å². The van der Waals surface area contributed by atoms with E-state index in [4.69, 9.17) is 9.31 Å². The van der Waals surface area contributed by atoms with Crippen LogP contribution in [-0.2, 0) is 54.1 Å². The Balaban J connectivity index is 1.53. The number of fused-ring (bicyclic) bond motifs is 2. The minimum Gasteiger partial charge on any atom is -0.480 e. The number of carboxylic acid groups (broad SMARTS) is 1. The summed E-state index contributed by atoms with van der Waals surface area (Å²) in [5.74, 6) is -5.93. The maximum Gasteiger partial charge on any atom is 0.491 e. The van der Waals surface area contributed by atoms with Gasteiger partial charge in [-0.15, -0.1) is 0 Å². The molecule has 2 aromatic carbocycles. The van der Waals surface area contributed by atoms with Crippen LogP contribution in [0.4, 0.5) is 26.3 Å². The summed E-state index contributed by atoms with van der Waals surface area (Å²) in [5, 5.41) is 36.8. The standard InChI is InChI=1S/C35H39B2F6N3O11/c1-17(18(2)47)5-3-4-10-44-30(49)9-7-28(33(52)53)46-32(51)27(45-31(50)20-12-24(35(41,42)43)22-16-57-37(55)26(22)14-20)6-8-29(48)19-11-23(34(38,39)40)21-15-56-36(54)25(21)13-19/h11-14,17,27-28,54-55H,3-10,15-16H2,1-2H3,(H,44,49)(H,45,50)(H,46,51)(H,52,53)/t17-,27-,28?/m0/s1. The zero-order valence-corrected chi connectivity index (χ0v) is 30.6. The third-order valence-corrected chi connectivity index (χ3v) is 9.70. The second-order valence-corrected chi connectivity index (χ2v) is 13.8. The number of benzene rings is 2. The van der Waals surface area contributed by atoms with Crippen LogP contribution in [-0.4, -0.2) is 83.3 Å². The Bertz CT molecular complexity index is 1900. The van der Waals surface area contributed by atoms with Gasteiger partial charge in [0.1, 0.15) is 17.9 Å². The maximum absolute atomic E-state index is 13.9. The zero-order valence-electron chi connectivity index (χ0n) is 30.6. The molecule has 0 saturated carbocycles. The highest BCUT2D eigenvalue weighted by Gasteiger charge is 2.42. The molecule has 0 aliphatic carbocycles. The van der Waals surface area contributed by atoms with Gasteiger partial charge in [-0.05, 0) is 72.9 Å². The van der Waals surface area contributed by atoms with Gasteiger partial charge in [0.05, 0.1) is 24.3 Å². The number of hydrogen-bond donors (Lipinski definition) is 6. The summed E-state index contributed by atoms with van der Waals surface area (Å²) in [6, 6.07) is -0.834. The van der Waals surface area contributed by atoms with Crippen molar-refractivity contribution in [1.82, 2.24) is 16.0 Å². The normalized spacial score (nSPS) is 15.3. The van der Waals surface area contributed by atoms with Crippen molar-refractivity contribution in [3.63, 3.8) is 0 Å². The van der Waals surface area contributed by atoms with E-state index in [1.807, 2.05) is 0 Å². The quantitative estimate of drug-likeness (QED) is 0.0552. The largest absolute Gasteiger partial charge is 0.491 e. The number of carbonyl (C=O) groups excluding carboxylic acids is 5.